The van der Waals surface area contributed by atoms with E-state index in [0.29, 0.717) is 46.2 Å². The van der Waals surface area contributed by atoms with Gasteiger partial charge >= 0.3 is 5.63 Å². The maximum Gasteiger partial charge on any atom is 0.344 e. The number of likely N-dealkylation sites (tertiary alicyclic amines) is 1. The zero-order valence-corrected chi connectivity index (χ0v) is 17.6. The lowest BCUT2D eigenvalue weighted by Gasteiger charge is -2.31. The van der Waals surface area contributed by atoms with E-state index in [1.54, 1.807) is 50.6 Å². The highest BCUT2D eigenvalue weighted by Crippen LogP contribution is 2.35. The van der Waals surface area contributed by atoms with Gasteiger partial charge in [-0.3, -0.25) is 4.90 Å². The van der Waals surface area contributed by atoms with Gasteiger partial charge in [0, 0.05) is 30.1 Å². The van der Waals surface area contributed by atoms with Crippen LogP contribution in [-0.4, -0.2) is 37.3 Å². The summed E-state index contributed by atoms with van der Waals surface area (Å²) in [4.78, 5) is 15.2. The van der Waals surface area contributed by atoms with Gasteiger partial charge in [-0.2, -0.15) is 0 Å². The number of nitrogens with zero attached hydrogens (tertiary/aromatic N) is 1. The largest absolute Gasteiger partial charge is 0.507 e. The summed E-state index contributed by atoms with van der Waals surface area (Å²) in [5.74, 6) is 1.95. The third-order valence-corrected chi connectivity index (χ3v) is 5.80. The number of rotatable bonds is 5. The van der Waals surface area contributed by atoms with E-state index in [9.17, 15) is 9.90 Å². The minimum Gasteiger partial charge on any atom is -0.507 e. The fourth-order valence-corrected chi connectivity index (χ4v) is 4.25. The van der Waals surface area contributed by atoms with Gasteiger partial charge in [0.2, 0.25) is 0 Å². The molecule has 30 heavy (non-hydrogen) atoms. The maximum absolute atomic E-state index is 12.9. The van der Waals surface area contributed by atoms with Gasteiger partial charge < -0.3 is 19.0 Å². The molecular formula is C24H27NO5. The van der Waals surface area contributed by atoms with Crippen molar-refractivity contribution in [2.75, 3.05) is 27.3 Å². The number of phenols is 1. The molecule has 158 valence electrons. The first-order valence-corrected chi connectivity index (χ1v) is 10.2. The van der Waals surface area contributed by atoms with Gasteiger partial charge in [-0.25, -0.2) is 4.79 Å². The van der Waals surface area contributed by atoms with E-state index in [0.717, 1.165) is 24.9 Å². The topological polar surface area (TPSA) is 72.1 Å². The third-order valence-electron chi connectivity index (χ3n) is 5.80. The highest BCUT2D eigenvalue weighted by molar-refractivity contribution is 5.86. The molecule has 1 aliphatic rings. The molecule has 1 atom stereocenters. The number of benzene rings is 2. The van der Waals surface area contributed by atoms with Crippen LogP contribution in [0.2, 0.25) is 0 Å². The number of hydrogen-bond donors (Lipinski definition) is 1. The lowest BCUT2D eigenvalue weighted by atomic mass is 9.99. The van der Waals surface area contributed by atoms with Crippen molar-refractivity contribution >= 4 is 11.0 Å². The second-order valence-corrected chi connectivity index (χ2v) is 7.98. The van der Waals surface area contributed by atoms with Crippen LogP contribution < -0.4 is 15.1 Å². The van der Waals surface area contributed by atoms with E-state index in [2.05, 4.69) is 11.8 Å². The Balaban J connectivity index is 1.79. The number of hydrogen-bond acceptors (Lipinski definition) is 6. The summed E-state index contributed by atoms with van der Waals surface area (Å²) in [6.07, 6.45) is 2.36. The second-order valence-electron chi connectivity index (χ2n) is 7.98. The average Bonchev–Trinajstić information content (AvgIpc) is 2.75. The molecule has 1 fully saturated rings. The molecule has 6 nitrogen and oxygen atoms in total. The van der Waals surface area contributed by atoms with Gasteiger partial charge in [0.1, 0.15) is 22.8 Å². The van der Waals surface area contributed by atoms with Crippen molar-refractivity contribution in [1.82, 2.24) is 4.90 Å². The Labute approximate surface area is 175 Å². The summed E-state index contributed by atoms with van der Waals surface area (Å²) in [5.41, 5.74) is 1.67. The van der Waals surface area contributed by atoms with Crippen molar-refractivity contribution < 1.29 is 19.0 Å². The molecule has 0 aliphatic carbocycles. The number of piperidine rings is 1. The number of methoxy groups -OCH3 is 2. The first-order valence-electron chi connectivity index (χ1n) is 10.2. The lowest BCUT2D eigenvalue weighted by molar-refractivity contribution is 0.175. The first kappa shape index (κ1) is 20.3. The van der Waals surface area contributed by atoms with E-state index in [1.165, 1.54) is 6.42 Å². The molecule has 1 N–H and O–H groups in total. The van der Waals surface area contributed by atoms with Crippen LogP contribution in [0.5, 0.6) is 17.2 Å². The van der Waals surface area contributed by atoms with Gasteiger partial charge in [0.15, 0.2) is 0 Å². The molecule has 0 bridgehead atoms. The summed E-state index contributed by atoms with van der Waals surface area (Å²) >= 11 is 0. The Kier molecular flexibility index (Phi) is 5.68. The quantitative estimate of drug-likeness (QED) is 0.629. The van der Waals surface area contributed by atoms with Crippen molar-refractivity contribution in [3.63, 3.8) is 0 Å². The van der Waals surface area contributed by atoms with Crippen LogP contribution in [0.1, 0.15) is 25.3 Å². The molecule has 1 aromatic heterocycles. The Morgan fingerprint density at radius 2 is 1.97 bits per heavy atom. The molecule has 6 heteroatoms. The predicted molar refractivity (Wildman–Crippen MR) is 116 cm³/mol. The highest BCUT2D eigenvalue weighted by atomic mass is 16.5. The summed E-state index contributed by atoms with van der Waals surface area (Å²) in [6.45, 7) is 4.75. The highest BCUT2D eigenvalue weighted by Gasteiger charge is 2.21. The van der Waals surface area contributed by atoms with E-state index in [1.807, 2.05) is 0 Å². The molecule has 2 heterocycles. The summed E-state index contributed by atoms with van der Waals surface area (Å²) < 4.78 is 16.5. The zero-order valence-electron chi connectivity index (χ0n) is 17.6. The van der Waals surface area contributed by atoms with Crippen LogP contribution in [0.15, 0.2) is 45.6 Å². The lowest BCUT2D eigenvalue weighted by Crippen LogP contribution is -2.33. The van der Waals surface area contributed by atoms with E-state index in [4.69, 9.17) is 13.9 Å². The molecule has 2 aromatic carbocycles. The molecule has 0 radical (unpaired) electrons. The summed E-state index contributed by atoms with van der Waals surface area (Å²) in [7, 11) is 3.13. The molecule has 0 saturated carbocycles. The van der Waals surface area contributed by atoms with Crippen molar-refractivity contribution in [2.45, 2.75) is 26.3 Å². The molecule has 0 spiro atoms. The average molecular weight is 409 g/mol. The van der Waals surface area contributed by atoms with Gasteiger partial charge in [-0.1, -0.05) is 6.92 Å². The molecule has 0 amide bonds. The number of fused-ring (bicyclic) bond motifs is 1. The molecule has 4 rings (SSSR count). The maximum atomic E-state index is 12.9. The first-order chi connectivity index (χ1) is 14.5. The number of ether oxygens (including phenoxy) is 2. The van der Waals surface area contributed by atoms with E-state index in [-0.39, 0.29) is 5.75 Å². The number of phenolic OH excluding ortho intramolecular Hbond substituents is 1. The third kappa shape index (κ3) is 3.87. The van der Waals surface area contributed by atoms with Gasteiger partial charge in [-0.15, -0.1) is 0 Å². The van der Waals surface area contributed by atoms with Crippen LogP contribution in [-0.2, 0) is 6.54 Å². The normalized spacial score (nSPS) is 17.2. The monoisotopic (exact) mass is 409 g/mol. The van der Waals surface area contributed by atoms with E-state index >= 15 is 0 Å². The number of aromatic hydroxyl groups is 1. The van der Waals surface area contributed by atoms with Crippen molar-refractivity contribution in [1.29, 1.82) is 0 Å². The molecular weight excluding hydrogens is 382 g/mol. The van der Waals surface area contributed by atoms with E-state index < -0.39 is 5.63 Å². The molecule has 1 unspecified atom stereocenters. The van der Waals surface area contributed by atoms with Gasteiger partial charge in [0.05, 0.1) is 25.3 Å². The smallest absolute Gasteiger partial charge is 0.344 e. The fraction of sp³-hybridized carbons (Fsp3) is 0.375. The standard InChI is InChI=1S/C24H27NO5/c1-15-5-4-10-25(13-15)14-20-21(26)9-6-16-11-19(24(27)30-23(16)20)18-8-7-17(28-2)12-22(18)29-3/h6-9,11-12,15,26H,4-5,10,13-14H2,1-3H3. The Morgan fingerprint density at radius 3 is 2.70 bits per heavy atom. The van der Waals surface area contributed by atoms with Gasteiger partial charge in [0.25, 0.3) is 0 Å². The Hall–Kier alpha value is -2.99. The Morgan fingerprint density at radius 1 is 1.13 bits per heavy atom. The fourth-order valence-electron chi connectivity index (χ4n) is 4.25. The minimum absolute atomic E-state index is 0.152. The molecule has 1 aliphatic heterocycles. The van der Waals surface area contributed by atoms with Crippen molar-refractivity contribution in [2.24, 2.45) is 5.92 Å². The van der Waals surface area contributed by atoms with Crippen molar-refractivity contribution in [3.05, 3.63) is 52.4 Å². The Bertz CT molecular complexity index is 1120. The summed E-state index contributed by atoms with van der Waals surface area (Å²) in [6, 6.07) is 10.5. The van der Waals surface area contributed by atoms with Gasteiger partial charge in [-0.05, 0) is 55.6 Å². The minimum atomic E-state index is -0.468. The SMILES string of the molecule is COc1ccc(-c2cc3ccc(O)c(CN4CCCC(C)C4)c3oc2=O)c(OC)c1. The molecule has 1 saturated heterocycles. The van der Waals surface area contributed by atoms with Crippen LogP contribution in [0, 0.1) is 5.92 Å². The second kappa shape index (κ2) is 8.40. The zero-order chi connectivity index (χ0) is 21.3. The molecule has 3 aromatic rings. The van der Waals surface area contributed by atoms with Crippen LogP contribution in [0.3, 0.4) is 0 Å². The van der Waals surface area contributed by atoms with Crippen molar-refractivity contribution in [3.8, 4) is 28.4 Å². The van der Waals surface area contributed by atoms with Crippen LogP contribution >= 0.6 is 0 Å². The summed E-state index contributed by atoms with van der Waals surface area (Å²) in [5, 5.41) is 11.3. The predicted octanol–water partition coefficient (Wildman–Crippen LogP) is 4.41. The van der Waals surface area contributed by atoms with Crippen LogP contribution in [0.25, 0.3) is 22.1 Å². The van der Waals surface area contributed by atoms with Crippen LogP contribution in [0.4, 0.5) is 0 Å².